The van der Waals surface area contributed by atoms with E-state index in [0.717, 1.165) is 22.4 Å². The Hall–Kier alpha value is -4.16. The maximum atomic E-state index is 13.8. The van der Waals surface area contributed by atoms with Gasteiger partial charge in [-0.2, -0.15) is 0 Å². The molecule has 4 rings (SSSR count). The SMILES string of the molecule is CC(C)(C)OC(=O)[C@H](CCS(C)(=O)=O)NC(=O)c1ccc(/C=C(/Cn2ccnc2)c2nccs2)cc1-c1ccc(F)cc1. The van der Waals surface area contributed by atoms with E-state index in [4.69, 9.17) is 4.74 Å². The maximum absolute atomic E-state index is 13.8. The second-order valence-electron chi connectivity index (χ2n) is 11.0. The average Bonchev–Trinajstić information content (AvgIpc) is 3.64. The van der Waals surface area contributed by atoms with Crippen molar-refractivity contribution in [3.63, 3.8) is 0 Å². The fraction of sp³-hybridized carbons (Fsp3) is 0.290. The number of sulfone groups is 1. The number of hydrogen-bond acceptors (Lipinski definition) is 8. The van der Waals surface area contributed by atoms with Crippen LogP contribution >= 0.6 is 11.3 Å². The van der Waals surface area contributed by atoms with E-state index in [2.05, 4.69) is 15.3 Å². The first-order chi connectivity index (χ1) is 20.3. The van der Waals surface area contributed by atoms with Crippen molar-refractivity contribution in [2.45, 2.75) is 45.4 Å². The molecule has 226 valence electrons. The van der Waals surface area contributed by atoms with Gasteiger partial charge in [0.15, 0.2) is 0 Å². The minimum absolute atomic E-state index is 0.155. The van der Waals surface area contributed by atoms with E-state index in [1.54, 1.807) is 63.8 Å². The molecule has 4 aromatic rings. The van der Waals surface area contributed by atoms with Gasteiger partial charge in [-0.25, -0.2) is 27.6 Å². The van der Waals surface area contributed by atoms with E-state index < -0.39 is 39.2 Å². The van der Waals surface area contributed by atoms with Gasteiger partial charge in [-0.15, -0.1) is 11.3 Å². The van der Waals surface area contributed by atoms with Gasteiger partial charge in [0.2, 0.25) is 0 Å². The number of hydrogen-bond donors (Lipinski definition) is 1. The molecule has 0 saturated carbocycles. The average molecular weight is 625 g/mol. The van der Waals surface area contributed by atoms with Gasteiger partial charge in [0.25, 0.3) is 5.91 Å². The number of nitrogens with one attached hydrogen (secondary N) is 1. The molecule has 0 aliphatic rings. The molecule has 1 N–H and O–H groups in total. The highest BCUT2D eigenvalue weighted by atomic mass is 32.2. The Balaban J connectivity index is 1.73. The van der Waals surface area contributed by atoms with Crippen molar-refractivity contribution in [2.24, 2.45) is 0 Å². The lowest BCUT2D eigenvalue weighted by molar-refractivity contribution is -0.157. The fourth-order valence-electron chi connectivity index (χ4n) is 4.24. The molecule has 2 aromatic heterocycles. The molecular formula is C31H33FN4O5S2. The summed E-state index contributed by atoms with van der Waals surface area (Å²) in [4.78, 5) is 35.2. The van der Waals surface area contributed by atoms with E-state index in [1.165, 1.54) is 23.5 Å². The van der Waals surface area contributed by atoms with Crippen LogP contribution in [0.2, 0.25) is 0 Å². The van der Waals surface area contributed by atoms with Gasteiger partial charge < -0.3 is 14.6 Å². The monoisotopic (exact) mass is 624 g/mol. The zero-order chi connectivity index (χ0) is 31.2. The second-order valence-corrected chi connectivity index (χ2v) is 14.2. The number of carbonyl (C=O) groups is 2. The summed E-state index contributed by atoms with van der Waals surface area (Å²) in [6, 6.07) is 9.73. The lowest BCUT2D eigenvalue weighted by Gasteiger charge is -2.25. The zero-order valence-electron chi connectivity index (χ0n) is 24.3. The molecule has 9 nitrogen and oxygen atoms in total. The van der Waals surface area contributed by atoms with Crippen molar-refractivity contribution in [1.82, 2.24) is 19.9 Å². The van der Waals surface area contributed by atoms with Crippen LogP contribution in [-0.4, -0.2) is 58.5 Å². The van der Waals surface area contributed by atoms with Crippen LogP contribution in [0.25, 0.3) is 22.8 Å². The number of esters is 1. The van der Waals surface area contributed by atoms with Gasteiger partial charge in [-0.3, -0.25) is 4.79 Å². The number of amides is 1. The Morgan fingerprint density at radius 2 is 1.88 bits per heavy atom. The van der Waals surface area contributed by atoms with Crippen LogP contribution in [0.1, 0.15) is 48.1 Å². The number of aromatic nitrogens is 3. The Labute approximate surface area is 254 Å². The van der Waals surface area contributed by atoms with E-state index in [0.29, 0.717) is 17.7 Å². The zero-order valence-corrected chi connectivity index (χ0v) is 25.9. The molecule has 0 radical (unpaired) electrons. The van der Waals surface area contributed by atoms with E-state index in [1.807, 2.05) is 28.3 Å². The normalized spacial score (nSPS) is 13.0. The number of benzene rings is 2. The Morgan fingerprint density at radius 1 is 1.14 bits per heavy atom. The molecule has 0 aliphatic heterocycles. The van der Waals surface area contributed by atoms with Gasteiger partial charge in [-0.1, -0.05) is 18.2 Å². The Morgan fingerprint density at radius 3 is 2.49 bits per heavy atom. The smallest absolute Gasteiger partial charge is 0.329 e. The van der Waals surface area contributed by atoms with Gasteiger partial charge in [0, 0.05) is 41.4 Å². The third-order valence-electron chi connectivity index (χ3n) is 6.18. The van der Waals surface area contributed by atoms with Gasteiger partial charge in [0.05, 0.1) is 18.6 Å². The number of rotatable bonds is 11. The van der Waals surface area contributed by atoms with Crippen LogP contribution < -0.4 is 5.32 Å². The van der Waals surface area contributed by atoms with Gasteiger partial charge in [-0.05, 0) is 74.2 Å². The number of thiazole rings is 1. The molecule has 0 bridgehead atoms. The second kappa shape index (κ2) is 13.4. The van der Waals surface area contributed by atoms with Crippen molar-refractivity contribution in [1.29, 1.82) is 0 Å². The van der Waals surface area contributed by atoms with Crippen LogP contribution in [-0.2, 0) is 25.9 Å². The van der Waals surface area contributed by atoms with Crippen molar-refractivity contribution in [3.05, 3.63) is 94.7 Å². The molecule has 0 spiro atoms. The number of nitrogens with zero attached hydrogens (tertiary/aromatic N) is 3. The summed E-state index contributed by atoms with van der Waals surface area (Å²) in [5.41, 5.74) is 2.14. The number of imidazole rings is 1. The van der Waals surface area contributed by atoms with E-state index in [9.17, 15) is 22.4 Å². The van der Waals surface area contributed by atoms with Crippen LogP contribution in [0.4, 0.5) is 4.39 Å². The third-order valence-corrected chi connectivity index (χ3v) is 8.00. The van der Waals surface area contributed by atoms with Crippen molar-refractivity contribution in [2.75, 3.05) is 12.0 Å². The first kappa shape index (κ1) is 31.8. The lowest BCUT2D eigenvalue weighted by Crippen LogP contribution is -2.45. The molecule has 12 heteroatoms. The summed E-state index contributed by atoms with van der Waals surface area (Å²) in [6.45, 7) is 5.57. The summed E-state index contributed by atoms with van der Waals surface area (Å²) < 4.78 is 44.9. The molecule has 43 heavy (non-hydrogen) atoms. The molecule has 1 amide bonds. The minimum Gasteiger partial charge on any atom is -0.458 e. The topological polar surface area (TPSA) is 120 Å². The lowest BCUT2D eigenvalue weighted by atomic mass is 9.95. The van der Waals surface area contributed by atoms with Crippen molar-refractivity contribution in [3.8, 4) is 11.1 Å². The van der Waals surface area contributed by atoms with Crippen LogP contribution in [0.5, 0.6) is 0 Å². The van der Waals surface area contributed by atoms with Gasteiger partial charge >= 0.3 is 5.97 Å². The van der Waals surface area contributed by atoms with Crippen molar-refractivity contribution < 1.29 is 27.1 Å². The molecule has 0 saturated heterocycles. The van der Waals surface area contributed by atoms with Gasteiger partial charge in [0.1, 0.15) is 32.3 Å². The first-order valence-corrected chi connectivity index (χ1v) is 16.4. The maximum Gasteiger partial charge on any atom is 0.329 e. The molecule has 2 heterocycles. The van der Waals surface area contributed by atoms with E-state index in [-0.39, 0.29) is 17.7 Å². The number of halogens is 1. The number of allylic oxidation sites excluding steroid dienone is 1. The predicted molar refractivity (Wildman–Crippen MR) is 165 cm³/mol. The van der Waals surface area contributed by atoms with Crippen LogP contribution in [0.15, 0.2) is 72.8 Å². The predicted octanol–water partition coefficient (Wildman–Crippen LogP) is 5.26. The standard InChI is InChI=1S/C31H33FN4O5S2/c1-31(2,3)41-30(38)27(11-16-43(4,39)40)35-28(37)25-10-5-21(18-26(25)22-6-8-24(32)9-7-22)17-23(29-34-13-15-42-29)19-36-14-12-33-20-36/h5-10,12-15,17-18,20,27H,11,16,19H2,1-4H3,(H,35,37)/b23-17-/t27-/m0/s1. The van der Waals surface area contributed by atoms with Crippen molar-refractivity contribution >= 4 is 44.7 Å². The molecule has 0 aliphatic carbocycles. The largest absolute Gasteiger partial charge is 0.458 e. The number of ether oxygens (including phenoxy) is 1. The summed E-state index contributed by atoms with van der Waals surface area (Å²) >= 11 is 1.50. The summed E-state index contributed by atoms with van der Waals surface area (Å²) in [5.74, 6) is -2.08. The Bertz CT molecular complexity index is 1690. The molecule has 0 fully saturated rings. The molecular weight excluding hydrogens is 591 g/mol. The first-order valence-electron chi connectivity index (χ1n) is 13.4. The minimum atomic E-state index is -3.42. The van der Waals surface area contributed by atoms with Crippen LogP contribution in [0, 0.1) is 5.82 Å². The summed E-state index contributed by atoms with van der Waals surface area (Å²) in [7, 11) is -3.42. The summed E-state index contributed by atoms with van der Waals surface area (Å²) in [5, 5.41) is 5.39. The van der Waals surface area contributed by atoms with Crippen LogP contribution in [0.3, 0.4) is 0 Å². The fourth-order valence-corrected chi connectivity index (χ4v) is 5.55. The highest BCUT2D eigenvalue weighted by Crippen LogP contribution is 2.29. The number of carbonyl (C=O) groups excluding carboxylic acids is 2. The Kier molecular flexibility index (Phi) is 9.92. The molecule has 2 aromatic carbocycles. The third kappa shape index (κ3) is 9.42. The summed E-state index contributed by atoms with van der Waals surface area (Å²) in [6.07, 6.45) is 9.85. The quantitative estimate of drug-likeness (QED) is 0.226. The highest BCUT2D eigenvalue weighted by molar-refractivity contribution is 7.90. The highest BCUT2D eigenvalue weighted by Gasteiger charge is 2.29. The van der Waals surface area contributed by atoms with E-state index >= 15 is 0 Å². The molecule has 1 atom stereocenters. The molecule has 0 unspecified atom stereocenters.